The maximum absolute atomic E-state index is 12.9. The molecule has 1 unspecified atom stereocenters. The highest BCUT2D eigenvalue weighted by atomic mass is 19.3. The zero-order valence-corrected chi connectivity index (χ0v) is 7.05. The van der Waals surface area contributed by atoms with Crippen LogP contribution >= 0.6 is 0 Å². The number of hydrogen-bond donors (Lipinski definition) is 1. The van der Waals surface area contributed by atoms with Crippen LogP contribution in [0.2, 0.25) is 0 Å². The van der Waals surface area contributed by atoms with E-state index in [9.17, 15) is 17.6 Å². The molecule has 0 aliphatic heterocycles. The zero-order valence-electron chi connectivity index (χ0n) is 7.05. The lowest BCUT2D eigenvalue weighted by molar-refractivity contribution is -0.00406. The summed E-state index contributed by atoms with van der Waals surface area (Å²) in [4.78, 5) is 0. The van der Waals surface area contributed by atoms with E-state index in [4.69, 9.17) is 5.11 Å². The quantitative estimate of drug-likeness (QED) is 0.754. The van der Waals surface area contributed by atoms with Gasteiger partial charge in [0, 0.05) is 12.5 Å². The Morgan fingerprint density at radius 2 is 1.86 bits per heavy atom. The third-order valence-corrected chi connectivity index (χ3v) is 1.74. The second-order valence-electron chi connectivity index (χ2n) is 2.84. The molecule has 0 amide bonds. The summed E-state index contributed by atoms with van der Waals surface area (Å²) in [5.74, 6) is -1.71. The van der Waals surface area contributed by atoms with E-state index in [0.717, 1.165) is 12.1 Å². The maximum Gasteiger partial charge on any atom is 0.264 e. The summed E-state index contributed by atoms with van der Waals surface area (Å²) in [7, 11) is 0. The minimum atomic E-state index is -2.93. The van der Waals surface area contributed by atoms with Crippen molar-refractivity contribution in [3.8, 4) is 0 Å². The van der Waals surface area contributed by atoms with E-state index in [0.29, 0.717) is 6.07 Å². The zero-order chi connectivity index (χ0) is 10.7. The summed E-state index contributed by atoms with van der Waals surface area (Å²) >= 11 is 0. The first-order chi connectivity index (χ1) is 6.50. The van der Waals surface area contributed by atoms with Crippen molar-refractivity contribution in [2.24, 2.45) is 0 Å². The molecule has 0 aromatic heterocycles. The summed E-state index contributed by atoms with van der Waals surface area (Å²) in [6, 6.07) is 2.58. The Kier molecular flexibility index (Phi) is 3.46. The van der Waals surface area contributed by atoms with Crippen molar-refractivity contribution in [1.29, 1.82) is 0 Å². The Labute approximate surface area is 78.0 Å². The second-order valence-corrected chi connectivity index (χ2v) is 2.84. The van der Waals surface area contributed by atoms with Crippen molar-refractivity contribution in [3.63, 3.8) is 0 Å². The molecule has 78 valence electrons. The number of aliphatic hydroxyl groups excluding tert-OH is 1. The summed E-state index contributed by atoms with van der Waals surface area (Å²) in [6.07, 6.45) is -5.38. The van der Waals surface area contributed by atoms with Crippen LogP contribution in [0.5, 0.6) is 0 Å². The normalized spacial score (nSPS) is 13.3. The summed E-state index contributed by atoms with van der Waals surface area (Å²) in [5, 5.41) is 8.76. The topological polar surface area (TPSA) is 20.2 Å². The standard InChI is InChI=1S/C9H8F4O/c10-6-2-1-5(7(11)4-6)3-8(14)9(12)13/h1-2,4,8-9,14H,3H2. The molecule has 0 bridgehead atoms. The monoisotopic (exact) mass is 208 g/mol. The van der Waals surface area contributed by atoms with Crippen LogP contribution in [0.3, 0.4) is 0 Å². The third kappa shape index (κ3) is 2.70. The van der Waals surface area contributed by atoms with Crippen LogP contribution in [0.15, 0.2) is 18.2 Å². The lowest BCUT2D eigenvalue weighted by Gasteiger charge is -2.09. The van der Waals surface area contributed by atoms with Gasteiger partial charge in [-0.25, -0.2) is 17.6 Å². The molecule has 1 atom stereocenters. The van der Waals surface area contributed by atoms with Crippen molar-refractivity contribution in [1.82, 2.24) is 0 Å². The van der Waals surface area contributed by atoms with Gasteiger partial charge in [0.05, 0.1) is 0 Å². The molecule has 0 saturated carbocycles. The van der Waals surface area contributed by atoms with E-state index in [1.165, 1.54) is 0 Å². The fraction of sp³-hybridized carbons (Fsp3) is 0.333. The minimum absolute atomic E-state index is 0.126. The minimum Gasteiger partial charge on any atom is -0.387 e. The molecule has 0 heterocycles. The van der Waals surface area contributed by atoms with E-state index in [-0.39, 0.29) is 5.56 Å². The van der Waals surface area contributed by atoms with Crippen molar-refractivity contribution in [2.45, 2.75) is 19.0 Å². The van der Waals surface area contributed by atoms with Crippen LogP contribution in [0.4, 0.5) is 17.6 Å². The highest BCUT2D eigenvalue weighted by Crippen LogP contribution is 2.14. The van der Waals surface area contributed by atoms with Crippen molar-refractivity contribution >= 4 is 0 Å². The molecule has 0 fully saturated rings. The highest BCUT2D eigenvalue weighted by Gasteiger charge is 2.18. The van der Waals surface area contributed by atoms with E-state index < -0.39 is 30.6 Å². The van der Waals surface area contributed by atoms with Crippen molar-refractivity contribution in [3.05, 3.63) is 35.4 Å². The number of alkyl halides is 2. The molecule has 0 aliphatic rings. The smallest absolute Gasteiger partial charge is 0.264 e. The molecular weight excluding hydrogens is 200 g/mol. The van der Waals surface area contributed by atoms with Gasteiger partial charge in [0.25, 0.3) is 6.43 Å². The number of halogens is 4. The largest absolute Gasteiger partial charge is 0.387 e. The van der Waals surface area contributed by atoms with Gasteiger partial charge in [-0.05, 0) is 11.6 Å². The molecule has 0 radical (unpaired) electrons. The van der Waals surface area contributed by atoms with Gasteiger partial charge in [0.2, 0.25) is 0 Å². The predicted octanol–water partition coefficient (Wildman–Crippen LogP) is 2.13. The van der Waals surface area contributed by atoms with E-state index in [2.05, 4.69) is 0 Å². The fourth-order valence-corrected chi connectivity index (χ4v) is 1.00. The predicted molar refractivity (Wildman–Crippen MR) is 42.1 cm³/mol. The molecule has 1 aromatic rings. The molecule has 1 nitrogen and oxygen atoms in total. The SMILES string of the molecule is OC(Cc1ccc(F)cc1F)C(F)F. The first-order valence-electron chi connectivity index (χ1n) is 3.91. The van der Waals surface area contributed by atoms with Gasteiger partial charge in [0.15, 0.2) is 0 Å². The van der Waals surface area contributed by atoms with Gasteiger partial charge in [-0.3, -0.25) is 0 Å². The van der Waals surface area contributed by atoms with E-state index in [1.807, 2.05) is 0 Å². The van der Waals surface area contributed by atoms with Gasteiger partial charge < -0.3 is 5.11 Å². The second kappa shape index (κ2) is 4.41. The van der Waals surface area contributed by atoms with Crippen LogP contribution in [0.1, 0.15) is 5.56 Å². The Morgan fingerprint density at radius 3 is 2.36 bits per heavy atom. The lowest BCUT2D eigenvalue weighted by Crippen LogP contribution is -2.20. The molecule has 1 aromatic carbocycles. The highest BCUT2D eigenvalue weighted by molar-refractivity contribution is 5.19. The lowest BCUT2D eigenvalue weighted by atomic mass is 10.1. The van der Waals surface area contributed by atoms with Gasteiger partial charge in [-0.2, -0.15) is 0 Å². The van der Waals surface area contributed by atoms with Crippen LogP contribution in [0.25, 0.3) is 0 Å². The summed E-state index contributed by atoms with van der Waals surface area (Å²) < 4.78 is 49.0. The fourth-order valence-electron chi connectivity index (χ4n) is 1.00. The number of rotatable bonds is 3. The van der Waals surface area contributed by atoms with Gasteiger partial charge in [0.1, 0.15) is 17.7 Å². The summed E-state index contributed by atoms with van der Waals surface area (Å²) in [5.41, 5.74) is -0.126. The Hall–Kier alpha value is -1.10. The average Bonchev–Trinajstić information content (AvgIpc) is 2.09. The third-order valence-electron chi connectivity index (χ3n) is 1.74. The number of aliphatic hydroxyl groups is 1. The van der Waals surface area contributed by atoms with Gasteiger partial charge in [-0.15, -0.1) is 0 Å². The molecular formula is C9H8F4O. The molecule has 0 spiro atoms. The van der Waals surface area contributed by atoms with Crippen LogP contribution in [0, 0.1) is 11.6 Å². The number of hydrogen-bond acceptors (Lipinski definition) is 1. The van der Waals surface area contributed by atoms with Crippen molar-refractivity contribution in [2.75, 3.05) is 0 Å². The summed E-state index contributed by atoms with van der Waals surface area (Å²) in [6.45, 7) is 0. The number of benzene rings is 1. The Balaban J connectivity index is 2.77. The molecule has 0 saturated heterocycles. The molecule has 1 rings (SSSR count). The van der Waals surface area contributed by atoms with Crippen LogP contribution in [-0.4, -0.2) is 17.6 Å². The van der Waals surface area contributed by atoms with E-state index in [1.54, 1.807) is 0 Å². The van der Waals surface area contributed by atoms with Gasteiger partial charge in [-0.1, -0.05) is 6.07 Å². The van der Waals surface area contributed by atoms with E-state index >= 15 is 0 Å². The van der Waals surface area contributed by atoms with Gasteiger partial charge >= 0.3 is 0 Å². The maximum atomic E-state index is 12.9. The first kappa shape index (κ1) is 11.0. The van der Waals surface area contributed by atoms with Crippen LogP contribution < -0.4 is 0 Å². The molecule has 14 heavy (non-hydrogen) atoms. The molecule has 1 N–H and O–H groups in total. The Bertz CT molecular complexity index is 314. The van der Waals surface area contributed by atoms with Crippen LogP contribution in [-0.2, 0) is 6.42 Å². The molecule has 0 aliphatic carbocycles. The Morgan fingerprint density at radius 1 is 1.21 bits per heavy atom. The van der Waals surface area contributed by atoms with Crippen molar-refractivity contribution < 1.29 is 22.7 Å². The first-order valence-corrected chi connectivity index (χ1v) is 3.91. The molecule has 5 heteroatoms. The average molecular weight is 208 g/mol.